The first-order valence-electron chi connectivity index (χ1n) is 9.13. The number of hydrogen-bond donors (Lipinski definition) is 0. The van der Waals surface area contributed by atoms with Gasteiger partial charge in [0.15, 0.2) is 5.69 Å². The maximum atomic E-state index is 13.0. The van der Waals surface area contributed by atoms with Crippen molar-refractivity contribution in [2.24, 2.45) is 5.92 Å². The van der Waals surface area contributed by atoms with Crippen molar-refractivity contribution in [1.82, 2.24) is 10.1 Å². The van der Waals surface area contributed by atoms with Gasteiger partial charge in [-0.2, -0.15) is 0 Å². The highest BCUT2D eigenvalue weighted by Crippen LogP contribution is 2.35. The van der Waals surface area contributed by atoms with Crippen LogP contribution in [0.2, 0.25) is 0 Å². The second kappa shape index (κ2) is 6.05. The SMILES string of the molecule is O=C(c1noc2c1CCCC2)N1CCC[C@@H]1C1CCCCC1. The molecule has 4 heteroatoms. The first-order valence-corrected chi connectivity index (χ1v) is 9.13. The third-order valence-electron chi connectivity index (χ3n) is 5.91. The van der Waals surface area contributed by atoms with E-state index in [9.17, 15) is 4.79 Å². The third kappa shape index (κ3) is 2.46. The molecule has 1 aromatic heterocycles. The summed E-state index contributed by atoms with van der Waals surface area (Å²) in [6.45, 7) is 0.904. The number of carbonyl (C=O) groups excluding carboxylic acids is 1. The first-order chi connectivity index (χ1) is 10.8. The number of carbonyl (C=O) groups is 1. The third-order valence-corrected chi connectivity index (χ3v) is 5.91. The van der Waals surface area contributed by atoms with Crippen LogP contribution in [-0.2, 0) is 12.8 Å². The van der Waals surface area contributed by atoms with Crippen molar-refractivity contribution < 1.29 is 9.32 Å². The van der Waals surface area contributed by atoms with Crippen molar-refractivity contribution in [3.05, 3.63) is 17.0 Å². The first kappa shape index (κ1) is 14.3. The number of amides is 1. The Morgan fingerprint density at radius 2 is 1.82 bits per heavy atom. The average Bonchev–Trinajstić information content (AvgIpc) is 3.22. The van der Waals surface area contributed by atoms with Crippen molar-refractivity contribution >= 4 is 5.91 Å². The minimum absolute atomic E-state index is 0.139. The molecule has 22 heavy (non-hydrogen) atoms. The fraction of sp³-hybridized carbons (Fsp3) is 0.778. The number of aryl methyl sites for hydroxylation is 1. The van der Waals surface area contributed by atoms with Gasteiger partial charge in [0.2, 0.25) is 0 Å². The summed E-state index contributed by atoms with van der Waals surface area (Å²) in [5.74, 6) is 1.81. The largest absolute Gasteiger partial charge is 0.360 e. The molecule has 0 N–H and O–H groups in total. The molecule has 2 fully saturated rings. The topological polar surface area (TPSA) is 46.3 Å². The van der Waals surface area contributed by atoms with Crippen LogP contribution in [0.25, 0.3) is 0 Å². The maximum Gasteiger partial charge on any atom is 0.276 e. The summed E-state index contributed by atoms with van der Waals surface area (Å²) in [6.07, 6.45) is 13.2. The Balaban J connectivity index is 1.55. The fourth-order valence-electron chi connectivity index (χ4n) is 4.74. The van der Waals surface area contributed by atoms with E-state index in [1.807, 2.05) is 0 Å². The van der Waals surface area contributed by atoms with Crippen LogP contribution in [0.15, 0.2) is 4.52 Å². The summed E-state index contributed by atoms with van der Waals surface area (Å²) in [5, 5.41) is 4.16. The highest BCUT2D eigenvalue weighted by Gasteiger charge is 2.37. The molecule has 0 spiro atoms. The number of hydrogen-bond acceptors (Lipinski definition) is 3. The standard InChI is InChI=1S/C18H26N2O2/c21-18(17-14-9-4-5-11-16(14)22-19-17)20-12-6-10-15(20)13-7-2-1-3-8-13/h13,15H,1-12H2/t15-/m1/s1. The van der Waals surface area contributed by atoms with Crippen LogP contribution in [0.4, 0.5) is 0 Å². The maximum absolute atomic E-state index is 13.0. The van der Waals surface area contributed by atoms with E-state index in [-0.39, 0.29) is 5.91 Å². The molecule has 2 aliphatic carbocycles. The van der Waals surface area contributed by atoms with Gasteiger partial charge in [-0.3, -0.25) is 4.79 Å². The lowest BCUT2D eigenvalue weighted by molar-refractivity contribution is 0.0650. The monoisotopic (exact) mass is 302 g/mol. The van der Waals surface area contributed by atoms with Crippen molar-refractivity contribution in [3.63, 3.8) is 0 Å². The van der Waals surface area contributed by atoms with E-state index in [1.54, 1.807) is 0 Å². The molecular weight excluding hydrogens is 276 g/mol. The molecule has 1 saturated carbocycles. The van der Waals surface area contributed by atoms with E-state index in [4.69, 9.17) is 4.52 Å². The summed E-state index contributed by atoms with van der Waals surface area (Å²) < 4.78 is 5.45. The van der Waals surface area contributed by atoms with Gasteiger partial charge in [0, 0.05) is 24.6 Å². The van der Waals surface area contributed by atoms with E-state index >= 15 is 0 Å². The lowest BCUT2D eigenvalue weighted by Gasteiger charge is -2.33. The second-order valence-electron chi connectivity index (χ2n) is 7.25. The predicted molar refractivity (Wildman–Crippen MR) is 83.8 cm³/mol. The Kier molecular flexibility index (Phi) is 3.93. The predicted octanol–water partition coefficient (Wildman–Crippen LogP) is 3.74. The van der Waals surface area contributed by atoms with Gasteiger partial charge in [-0.25, -0.2) is 0 Å². The Morgan fingerprint density at radius 1 is 1.00 bits per heavy atom. The smallest absolute Gasteiger partial charge is 0.276 e. The lowest BCUT2D eigenvalue weighted by Crippen LogP contribution is -2.41. The van der Waals surface area contributed by atoms with Crippen LogP contribution < -0.4 is 0 Å². The fourth-order valence-corrected chi connectivity index (χ4v) is 4.74. The summed E-state index contributed by atoms with van der Waals surface area (Å²) in [7, 11) is 0. The summed E-state index contributed by atoms with van der Waals surface area (Å²) in [5.41, 5.74) is 1.72. The van der Waals surface area contributed by atoms with Crippen molar-refractivity contribution in [1.29, 1.82) is 0 Å². The average molecular weight is 302 g/mol. The van der Waals surface area contributed by atoms with E-state index in [0.29, 0.717) is 17.7 Å². The van der Waals surface area contributed by atoms with Crippen LogP contribution in [0, 0.1) is 5.92 Å². The Bertz CT molecular complexity index is 545. The molecule has 2 heterocycles. The molecule has 1 aromatic rings. The summed E-state index contributed by atoms with van der Waals surface area (Å²) in [6, 6.07) is 0.448. The van der Waals surface area contributed by atoms with Crippen molar-refractivity contribution in [2.75, 3.05) is 6.54 Å². The minimum Gasteiger partial charge on any atom is -0.360 e. The quantitative estimate of drug-likeness (QED) is 0.836. The van der Waals surface area contributed by atoms with Crippen LogP contribution in [-0.4, -0.2) is 28.6 Å². The van der Waals surface area contributed by atoms with Gasteiger partial charge >= 0.3 is 0 Å². The van der Waals surface area contributed by atoms with E-state index < -0.39 is 0 Å². The number of rotatable bonds is 2. The van der Waals surface area contributed by atoms with E-state index in [2.05, 4.69) is 10.1 Å². The second-order valence-corrected chi connectivity index (χ2v) is 7.25. The van der Waals surface area contributed by atoms with Crippen molar-refractivity contribution in [2.45, 2.75) is 76.7 Å². The molecule has 4 nitrogen and oxygen atoms in total. The van der Waals surface area contributed by atoms with Crippen LogP contribution in [0.3, 0.4) is 0 Å². The Morgan fingerprint density at radius 3 is 2.68 bits per heavy atom. The number of likely N-dealkylation sites (tertiary alicyclic amines) is 1. The molecular formula is C18H26N2O2. The van der Waals surface area contributed by atoms with Gasteiger partial charge in [0.1, 0.15) is 5.76 Å². The van der Waals surface area contributed by atoms with Crippen LogP contribution >= 0.6 is 0 Å². The zero-order chi connectivity index (χ0) is 14.9. The normalized spacial score (nSPS) is 26.2. The zero-order valence-electron chi connectivity index (χ0n) is 13.4. The number of aromatic nitrogens is 1. The molecule has 1 amide bonds. The van der Waals surface area contributed by atoms with Gasteiger partial charge in [-0.1, -0.05) is 24.4 Å². The number of nitrogens with zero attached hydrogens (tertiary/aromatic N) is 2. The van der Waals surface area contributed by atoms with Gasteiger partial charge < -0.3 is 9.42 Å². The molecule has 1 aliphatic heterocycles. The van der Waals surface area contributed by atoms with Crippen LogP contribution in [0.1, 0.15) is 79.6 Å². The Labute approximate surface area is 132 Å². The van der Waals surface area contributed by atoms with Gasteiger partial charge in [0.05, 0.1) is 0 Å². The molecule has 0 bridgehead atoms. The van der Waals surface area contributed by atoms with Crippen LogP contribution in [0.5, 0.6) is 0 Å². The lowest BCUT2D eigenvalue weighted by atomic mass is 9.83. The number of fused-ring (bicyclic) bond motifs is 1. The molecule has 0 aromatic carbocycles. The molecule has 4 rings (SSSR count). The van der Waals surface area contributed by atoms with Gasteiger partial charge in [0.25, 0.3) is 5.91 Å². The molecule has 0 unspecified atom stereocenters. The summed E-state index contributed by atoms with van der Waals surface area (Å²) in [4.78, 5) is 15.2. The molecule has 0 radical (unpaired) electrons. The van der Waals surface area contributed by atoms with E-state index in [0.717, 1.165) is 50.0 Å². The molecule has 3 aliphatic rings. The van der Waals surface area contributed by atoms with Gasteiger partial charge in [-0.05, 0) is 50.9 Å². The highest BCUT2D eigenvalue weighted by molar-refractivity contribution is 5.94. The van der Waals surface area contributed by atoms with Gasteiger partial charge in [-0.15, -0.1) is 0 Å². The Hall–Kier alpha value is -1.32. The molecule has 1 atom stereocenters. The molecule has 1 saturated heterocycles. The van der Waals surface area contributed by atoms with Crippen molar-refractivity contribution in [3.8, 4) is 0 Å². The minimum atomic E-state index is 0.139. The zero-order valence-corrected chi connectivity index (χ0v) is 13.4. The molecule has 120 valence electrons. The highest BCUT2D eigenvalue weighted by atomic mass is 16.5. The summed E-state index contributed by atoms with van der Waals surface area (Å²) >= 11 is 0. The van der Waals surface area contributed by atoms with E-state index in [1.165, 1.54) is 38.5 Å².